The number of amides is 1. The predicted molar refractivity (Wildman–Crippen MR) is 300 cm³/mol. The van der Waals surface area contributed by atoms with Crippen LogP contribution in [0.15, 0.2) is 48.6 Å². The molecule has 1 amide bonds. The Balaban J connectivity index is 1.63. The SMILES string of the molecule is CCCCCC/C=C/CC/C=C/C(O)C(COC1OC(CO)C(OC2OC(CO)C(O)C(O)C2O)C(O)C1O)NC(=O)CCCCCCCCCCCCCCCCCCCCC/C=C\C/C=C\CCCCCCC. The molecule has 75 heavy (non-hydrogen) atoms. The van der Waals surface area contributed by atoms with E-state index in [-0.39, 0.29) is 18.9 Å². The molecule has 0 spiro atoms. The highest BCUT2D eigenvalue weighted by Gasteiger charge is 2.51. The lowest BCUT2D eigenvalue weighted by Crippen LogP contribution is -2.65. The number of hydrogen-bond donors (Lipinski definition) is 9. The molecule has 0 aliphatic carbocycles. The van der Waals surface area contributed by atoms with Crippen LogP contribution in [-0.4, -0.2) is 140 Å². The summed E-state index contributed by atoms with van der Waals surface area (Å²) < 4.78 is 22.7. The van der Waals surface area contributed by atoms with Crippen molar-refractivity contribution < 1.29 is 64.6 Å². The topological polar surface area (TPSA) is 228 Å². The van der Waals surface area contributed by atoms with Crippen molar-refractivity contribution in [1.82, 2.24) is 5.32 Å². The molecule has 2 rings (SSSR count). The van der Waals surface area contributed by atoms with E-state index in [0.29, 0.717) is 12.8 Å². The van der Waals surface area contributed by atoms with Crippen molar-refractivity contribution in [2.45, 2.75) is 312 Å². The first-order chi connectivity index (χ1) is 36.6. The molecule has 2 saturated heterocycles. The van der Waals surface area contributed by atoms with Crippen LogP contribution in [0.3, 0.4) is 0 Å². The van der Waals surface area contributed by atoms with Gasteiger partial charge in [0.25, 0.3) is 0 Å². The molecule has 0 aromatic heterocycles. The van der Waals surface area contributed by atoms with E-state index < -0.39 is 86.8 Å². The summed E-state index contributed by atoms with van der Waals surface area (Å²) >= 11 is 0. The minimum Gasteiger partial charge on any atom is -0.394 e. The number of ether oxygens (including phenoxy) is 4. The number of rotatable bonds is 48. The van der Waals surface area contributed by atoms with Crippen LogP contribution in [0.2, 0.25) is 0 Å². The van der Waals surface area contributed by atoms with Gasteiger partial charge >= 0.3 is 0 Å². The number of nitrogens with one attached hydrogen (secondary N) is 1. The monoisotopic (exact) mass is 1070 g/mol. The number of carbonyl (C=O) groups excluding carboxylic acids is 1. The third-order valence-corrected chi connectivity index (χ3v) is 14.7. The Hall–Kier alpha value is -2.05. The van der Waals surface area contributed by atoms with Crippen LogP contribution in [0.4, 0.5) is 0 Å². The summed E-state index contributed by atoms with van der Waals surface area (Å²) in [4.78, 5) is 13.2. The summed E-state index contributed by atoms with van der Waals surface area (Å²) in [6.07, 6.45) is 41.9. The normalized spacial score (nSPS) is 25.4. The van der Waals surface area contributed by atoms with Crippen LogP contribution in [-0.2, 0) is 23.7 Å². The van der Waals surface area contributed by atoms with Gasteiger partial charge in [-0.15, -0.1) is 0 Å². The Bertz CT molecular complexity index is 1440. The molecule has 2 aliphatic heterocycles. The number of aliphatic hydroxyl groups is 8. The highest BCUT2D eigenvalue weighted by Crippen LogP contribution is 2.30. The van der Waals surface area contributed by atoms with E-state index in [2.05, 4.69) is 55.6 Å². The van der Waals surface area contributed by atoms with E-state index in [1.807, 2.05) is 6.08 Å². The van der Waals surface area contributed by atoms with E-state index in [4.69, 9.17) is 18.9 Å². The third-order valence-electron chi connectivity index (χ3n) is 14.7. The molecule has 14 nitrogen and oxygen atoms in total. The molecular formula is C61H111NO13. The molecule has 14 heteroatoms. The van der Waals surface area contributed by atoms with Gasteiger partial charge in [-0.25, -0.2) is 0 Å². The van der Waals surface area contributed by atoms with E-state index in [0.717, 1.165) is 38.5 Å². The van der Waals surface area contributed by atoms with Crippen LogP contribution in [0.25, 0.3) is 0 Å². The maximum absolute atomic E-state index is 13.2. The van der Waals surface area contributed by atoms with Gasteiger partial charge in [0.05, 0.1) is 32.0 Å². The fraction of sp³-hybridized carbons (Fsp3) is 0.852. The van der Waals surface area contributed by atoms with Gasteiger partial charge in [0.15, 0.2) is 12.6 Å². The minimum atomic E-state index is -1.79. The number of aliphatic hydroxyl groups excluding tert-OH is 8. The zero-order valence-corrected chi connectivity index (χ0v) is 47.0. The standard InChI is InChI=1S/C61H111NO13/c1-3-5-7-9-11-13-15-16-17-18-19-20-21-22-23-24-25-26-27-28-29-30-31-32-33-34-35-37-39-41-43-45-53(66)62-49(50(65)44-42-40-38-36-14-12-10-8-6-4-2)48-72-60-58(71)56(69)59(52(47-64)74-60)75-61-57(70)55(68)54(67)51(46-63)73-61/h14-16,18-19,36,42,44,49-52,54-61,63-65,67-71H,3-13,17,20-35,37-41,43,45-48H2,1-2H3,(H,62,66)/b16-15-,19-18-,36-14+,44-42+. The summed E-state index contributed by atoms with van der Waals surface area (Å²) in [5.74, 6) is -0.250. The maximum Gasteiger partial charge on any atom is 0.220 e. The van der Waals surface area contributed by atoms with Gasteiger partial charge < -0.3 is 65.1 Å². The quantitative estimate of drug-likeness (QED) is 0.0204. The van der Waals surface area contributed by atoms with Crippen molar-refractivity contribution in [1.29, 1.82) is 0 Å². The van der Waals surface area contributed by atoms with Crippen molar-refractivity contribution in [3.63, 3.8) is 0 Å². The highest BCUT2D eigenvalue weighted by molar-refractivity contribution is 5.76. The number of unbranched alkanes of at least 4 members (excludes halogenated alkanes) is 29. The Kier molecular flexibility index (Phi) is 43.1. The van der Waals surface area contributed by atoms with E-state index in [1.54, 1.807) is 6.08 Å². The molecule has 2 aliphatic rings. The first-order valence-electron chi connectivity index (χ1n) is 30.4. The van der Waals surface area contributed by atoms with Crippen molar-refractivity contribution in [2.24, 2.45) is 0 Å². The smallest absolute Gasteiger partial charge is 0.220 e. The summed E-state index contributed by atoms with van der Waals surface area (Å²) in [6, 6.07) is -0.929. The zero-order chi connectivity index (χ0) is 54.6. The molecule has 2 fully saturated rings. The summed E-state index contributed by atoms with van der Waals surface area (Å²) in [5, 5.41) is 86.8. The van der Waals surface area contributed by atoms with Crippen LogP contribution in [0.1, 0.15) is 239 Å². The summed E-state index contributed by atoms with van der Waals surface area (Å²) in [5.41, 5.74) is 0. The van der Waals surface area contributed by atoms with Gasteiger partial charge in [0.1, 0.15) is 48.8 Å². The molecule has 12 unspecified atom stereocenters. The predicted octanol–water partition coefficient (Wildman–Crippen LogP) is 10.4. The summed E-state index contributed by atoms with van der Waals surface area (Å²) in [6.45, 7) is 2.73. The number of carbonyl (C=O) groups is 1. The first kappa shape index (κ1) is 69.1. The molecule has 12 atom stereocenters. The summed E-state index contributed by atoms with van der Waals surface area (Å²) in [7, 11) is 0. The van der Waals surface area contributed by atoms with Gasteiger partial charge in [0, 0.05) is 6.42 Å². The van der Waals surface area contributed by atoms with Gasteiger partial charge in [-0.2, -0.15) is 0 Å². The van der Waals surface area contributed by atoms with Crippen molar-refractivity contribution in [3.8, 4) is 0 Å². The Morgan fingerprint density at radius 2 is 0.893 bits per heavy atom. The Labute approximate surface area is 454 Å². The zero-order valence-electron chi connectivity index (χ0n) is 47.0. The van der Waals surface area contributed by atoms with E-state index in [9.17, 15) is 45.6 Å². The minimum absolute atomic E-state index is 0.250. The average molecular weight is 1070 g/mol. The van der Waals surface area contributed by atoms with Crippen molar-refractivity contribution in [2.75, 3.05) is 19.8 Å². The average Bonchev–Trinajstić information content (AvgIpc) is 3.41. The fourth-order valence-electron chi connectivity index (χ4n) is 9.81. The van der Waals surface area contributed by atoms with Gasteiger partial charge in [-0.1, -0.05) is 217 Å². The van der Waals surface area contributed by atoms with Crippen LogP contribution >= 0.6 is 0 Å². The Morgan fingerprint density at radius 1 is 0.480 bits per heavy atom. The molecule has 0 radical (unpaired) electrons. The van der Waals surface area contributed by atoms with E-state index in [1.165, 1.54) is 167 Å². The lowest BCUT2D eigenvalue weighted by Gasteiger charge is -2.46. The fourth-order valence-corrected chi connectivity index (χ4v) is 9.81. The second kappa shape index (κ2) is 46.8. The molecule has 9 N–H and O–H groups in total. The Morgan fingerprint density at radius 3 is 1.40 bits per heavy atom. The third kappa shape index (κ3) is 32.6. The van der Waals surface area contributed by atoms with Crippen molar-refractivity contribution >= 4 is 5.91 Å². The number of allylic oxidation sites excluding steroid dienone is 7. The van der Waals surface area contributed by atoms with Gasteiger partial charge in [-0.3, -0.25) is 4.79 Å². The molecule has 2 heterocycles. The van der Waals surface area contributed by atoms with Crippen LogP contribution < -0.4 is 5.32 Å². The molecule has 0 saturated carbocycles. The number of hydrogen-bond acceptors (Lipinski definition) is 13. The van der Waals surface area contributed by atoms with Crippen LogP contribution in [0.5, 0.6) is 0 Å². The lowest BCUT2D eigenvalue weighted by molar-refractivity contribution is -0.359. The molecule has 438 valence electrons. The largest absolute Gasteiger partial charge is 0.394 e. The maximum atomic E-state index is 13.2. The first-order valence-corrected chi connectivity index (χ1v) is 30.4. The second-order valence-electron chi connectivity index (χ2n) is 21.5. The highest BCUT2D eigenvalue weighted by atomic mass is 16.7. The lowest BCUT2D eigenvalue weighted by atomic mass is 9.97. The van der Waals surface area contributed by atoms with Gasteiger partial charge in [-0.05, 0) is 64.2 Å². The second-order valence-corrected chi connectivity index (χ2v) is 21.5. The molecule has 0 aromatic carbocycles. The van der Waals surface area contributed by atoms with Crippen molar-refractivity contribution in [3.05, 3.63) is 48.6 Å². The molecular weight excluding hydrogens is 955 g/mol. The van der Waals surface area contributed by atoms with Crippen LogP contribution in [0, 0.1) is 0 Å². The van der Waals surface area contributed by atoms with E-state index >= 15 is 0 Å². The molecule has 0 aromatic rings. The van der Waals surface area contributed by atoms with Gasteiger partial charge in [0.2, 0.25) is 5.91 Å². The molecule has 0 bridgehead atoms.